The second-order valence-corrected chi connectivity index (χ2v) is 6.10. The summed E-state index contributed by atoms with van der Waals surface area (Å²) in [6.07, 6.45) is 2.82. The molecule has 0 radical (unpaired) electrons. The van der Waals surface area contributed by atoms with Crippen LogP contribution in [0.5, 0.6) is 0 Å². The molecule has 0 amide bonds. The van der Waals surface area contributed by atoms with Gasteiger partial charge in [0.15, 0.2) is 0 Å². The molecule has 3 rings (SSSR count). The molecule has 1 aliphatic heterocycles. The van der Waals surface area contributed by atoms with Gasteiger partial charge in [-0.2, -0.15) is 0 Å². The van der Waals surface area contributed by atoms with Crippen molar-refractivity contribution < 1.29 is 4.39 Å². The predicted octanol–water partition coefficient (Wildman–Crippen LogP) is 3.41. The van der Waals surface area contributed by atoms with Crippen molar-refractivity contribution in [1.29, 1.82) is 0 Å². The number of benzene rings is 1. The van der Waals surface area contributed by atoms with Gasteiger partial charge >= 0.3 is 0 Å². The molecule has 1 fully saturated rings. The summed E-state index contributed by atoms with van der Waals surface area (Å²) in [6, 6.07) is 11.4. The van der Waals surface area contributed by atoms with E-state index in [1.165, 1.54) is 0 Å². The molecule has 2 aromatic rings. The quantitative estimate of drug-likeness (QED) is 0.936. The molecule has 5 heteroatoms. The minimum atomic E-state index is -0.358. The Balaban J connectivity index is 1.74. The first kappa shape index (κ1) is 15.4. The summed E-state index contributed by atoms with van der Waals surface area (Å²) in [7, 11) is 2.07. The van der Waals surface area contributed by atoms with E-state index in [-0.39, 0.29) is 22.9 Å². The number of likely N-dealkylation sites (tertiary alicyclic amines) is 1. The van der Waals surface area contributed by atoms with Crippen molar-refractivity contribution in [2.75, 3.05) is 13.6 Å². The maximum Gasteiger partial charge on any atom is 0.142 e. The fourth-order valence-corrected chi connectivity index (χ4v) is 3.20. The van der Waals surface area contributed by atoms with E-state index in [4.69, 9.17) is 11.6 Å². The van der Waals surface area contributed by atoms with E-state index in [2.05, 4.69) is 22.2 Å². The molecule has 0 bridgehead atoms. The van der Waals surface area contributed by atoms with Crippen molar-refractivity contribution in [2.24, 2.45) is 0 Å². The van der Waals surface area contributed by atoms with Crippen LogP contribution in [0.4, 0.5) is 4.39 Å². The Morgan fingerprint density at radius 2 is 2.23 bits per heavy atom. The first-order valence-electron chi connectivity index (χ1n) is 7.43. The van der Waals surface area contributed by atoms with Gasteiger partial charge in [-0.1, -0.05) is 23.7 Å². The van der Waals surface area contributed by atoms with Crippen molar-refractivity contribution in [3.63, 3.8) is 0 Å². The lowest BCUT2D eigenvalue weighted by Gasteiger charge is -2.26. The molecule has 1 aromatic carbocycles. The number of nitrogens with one attached hydrogen (secondary N) is 1. The molecule has 0 unspecified atom stereocenters. The molecule has 1 saturated heterocycles. The summed E-state index contributed by atoms with van der Waals surface area (Å²) < 4.78 is 13.8. The van der Waals surface area contributed by atoms with Crippen molar-refractivity contribution >= 4 is 11.6 Å². The van der Waals surface area contributed by atoms with Gasteiger partial charge in [-0.05, 0) is 43.3 Å². The highest BCUT2D eigenvalue weighted by molar-refractivity contribution is 6.30. The Morgan fingerprint density at radius 1 is 1.36 bits per heavy atom. The van der Waals surface area contributed by atoms with Crippen molar-refractivity contribution in [1.82, 2.24) is 15.2 Å². The highest BCUT2D eigenvalue weighted by atomic mass is 35.5. The molecular weight excluding hydrogens is 301 g/mol. The lowest BCUT2D eigenvalue weighted by atomic mass is 10.00. The van der Waals surface area contributed by atoms with Gasteiger partial charge in [0.05, 0.1) is 10.7 Å². The topological polar surface area (TPSA) is 28.2 Å². The first-order chi connectivity index (χ1) is 10.6. The van der Waals surface area contributed by atoms with E-state index in [9.17, 15) is 4.39 Å². The highest BCUT2D eigenvalue weighted by Gasteiger charge is 2.33. The van der Waals surface area contributed by atoms with Crippen LogP contribution >= 0.6 is 11.6 Å². The van der Waals surface area contributed by atoms with E-state index < -0.39 is 0 Å². The monoisotopic (exact) mass is 319 g/mol. The van der Waals surface area contributed by atoms with Crippen molar-refractivity contribution in [2.45, 2.75) is 25.0 Å². The Labute approximate surface area is 135 Å². The molecule has 0 spiro atoms. The van der Waals surface area contributed by atoms with Crippen LogP contribution in [0.1, 0.15) is 23.7 Å². The number of hydrogen-bond donors (Lipinski definition) is 1. The Morgan fingerprint density at radius 3 is 2.95 bits per heavy atom. The molecule has 22 heavy (non-hydrogen) atoms. The van der Waals surface area contributed by atoms with Crippen LogP contribution < -0.4 is 5.32 Å². The minimum Gasteiger partial charge on any atom is -0.306 e. The SMILES string of the molecule is CN1CC[C@@H](NCc2ccccn2)[C@@H]1c1ccc(Cl)c(F)c1. The van der Waals surface area contributed by atoms with Crippen LogP contribution in [0.3, 0.4) is 0 Å². The second kappa shape index (κ2) is 6.73. The molecule has 0 saturated carbocycles. The molecule has 0 aliphatic carbocycles. The van der Waals surface area contributed by atoms with Gasteiger partial charge in [0.25, 0.3) is 0 Å². The molecule has 1 N–H and O–H groups in total. The zero-order valence-electron chi connectivity index (χ0n) is 12.5. The average Bonchev–Trinajstić information content (AvgIpc) is 2.90. The molecule has 2 atom stereocenters. The molecule has 1 aromatic heterocycles. The van der Waals surface area contributed by atoms with Crippen LogP contribution in [0.15, 0.2) is 42.6 Å². The third-order valence-corrected chi connectivity index (χ3v) is 4.51. The number of hydrogen-bond acceptors (Lipinski definition) is 3. The highest BCUT2D eigenvalue weighted by Crippen LogP contribution is 2.32. The van der Waals surface area contributed by atoms with Gasteiger partial charge in [-0.15, -0.1) is 0 Å². The van der Waals surface area contributed by atoms with Crippen molar-refractivity contribution in [3.8, 4) is 0 Å². The summed E-state index contributed by atoms with van der Waals surface area (Å²) in [5.41, 5.74) is 1.97. The number of rotatable bonds is 4. The van der Waals surface area contributed by atoms with E-state index in [1.807, 2.05) is 24.3 Å². The van der Waals surface area contributed by atoms with Crippen LogP contribution in [0.25, 0.3) is 0 Å². The van der Waals surface area contributed by atoms with Gasteiger partial charge in [-0.3, -0.25) is 9.88 Å². The maximum absolute atomic E-state index is 13.8. The summed E-state index contributed by atoms with van der Waals surface area (Å²) in [6.45, 7) is 1.70. The van der Waals surface area contributed by atoms with Gasteiger partial charge in [-0.25, -0.2) is 4.39 Å². The molecule has 3 nitrogen and oxygen atoms in total. The third-order valence-electron chi connectivity index (χ3n) is 4.21. The molecule has 1 aliphatic rings. The molecular formula is C17H19ClFN3. The lowest BCUT2D eigenvalue weighted by molar-refractivity contribution is 0.285. The molecule has 2 heterocycles. The summed E-state index contributed by atoms with van der Waals surface area (Å²) >= 11 is 5.79. The first-order valence-corrected chi connectivity index (χ1v) is 7.81. The standard InChI is InChI=1S/C17H19ClFN3/c1-22-9-7-16(21-11-13-4-2-3-8-20-13)17(22)12-5-6-14(18)15(19)10-12/h2-6,8,10,16-17,21H,7,9,11H2,1H3/t16-,17+/m1/s1. The normalized spacial score (nSPS) is 22.1. The third kappa shape index (κ3) is 3.29. The Hall–Kier alpha value is -1.49. The Bertz CT molecular complexity index is 635. The number of nitrogens with zero attached hydrogens (tertiary/aromatic N) is 2. The summed E-state index contributed by atoms with van der Waals surface area (Å²) in [4.78, 5) is 6.58. The van der Waals surface area contributed by atoms with Crippen molar-refractivity contribution in [3.05, 3.63) is 64.7 Å². The summed E-state index contributed by atoms with van der Waals surface area (Å²) in [5.74, 6) is -0.358. The zero-order valence-corrected chi connectivity index (χ0v) is 13.2. The number of aromatic nitrogens is 1. The van der Waals surface area contributed by atoms with E-state index in [0.717, 1.165) is 24.2 Å². The van der Waals surface area contributed by atoms with Gasteiger partial charge in [0.1, 0.15) is 5.82 Å². The molecule has 116 valence electrons. The van der Waals surface area contributed by atoms with Gasteiger partial charge in [0, 0.05) is 31.4 Å². The fourth-order valence-electron chi connectivity index (χ4n) is 3.08. The number of halogens is 2. The largest absolute Gasteiger partial charge is 0.306 e. The van der Waals surface area contributed by atoms with Crippen LogP contribution in [-0.4, -0.2) is 29.5 Å². The van der Waals surface area contributed by atoms with E-state index in [1.54, 1.807) is 18.3 Å². The van der Waals surface area contributed by atoms with E-state index >= 15 is 0 Å². The number of pyridine rings is 1. The summed E-state index contributed by atoms with van der Waals surface area (Å²) in [5, 5.41) is 3.72. The van der Waals surface area contributed by atoms with Crippen LogP contribution in [-0.2, 0) is 6.54 Å². The second-order valence-electron chi connectivity index (χ2n) is 5.70. The maximum atomic E-state index is 13.8. The van der Waals surface area contributed by atoms with Crippen LogP contribution in [0.2, 0.25) is 5.02 Å². The lowest BCUT2D eigenvalue weighted by Crippen LogP contribution is -2.34. The van der Waals surface area contributed by atoms with Crippen LogP contribution in [0, 0.1) is 5.82 Å². The zero-order chi connectivity index (χ0) is 15.5. The smallest absolute Gasteiger partial charge is 0.142 e. The number of likely N-dealkylation sites (N-methyl/N-ethyl adjacent to an activating group) is 1. The minimum absolute atomic E-state index is 0.149. The Kier molecular flexibility index (Phi) is 4.71. The average molecular weight is 320 g/mol. The van der Waals surface area contributed by atoms with E-state index in [0.29, 0.717) is 6.54 Å². The van der Waals surface area contributed by atoms with Gasteiger partial charge in [0.2, 0.25) is 0 Å². The van der Waals surface area contributed by atoms with Gasteiger partial charge < -0.3 is 5.32 Å². The fraction of sp³-hybridized carbons (Fsp3) is 0.353. The predicted molar refractivity (Wildman–Crippen MR) is 86.3 cm³/mol.